The number of nitrogens with zero attached hydrogens (tertiary/aromatic N) is 1. The zero-order valence-corrected chi connectivity index (χ0v) is 18.8. The Kier molecular flexibility index (Phi) is 8.79. The number of carbonyl (C=O) groups is 3. The summed E-state index contributed by atoms with van der Waals surface area (Å²) >= 11 is 0. The number of ketones is 1. The highest BCUT2D eigenvalue weighted by Crippen LogP contribution is 2.30. The Labute approximate surface area is 191 Å². The van der Waals surface area contributed by atoms with E-state index in [0.29, 0.717) is 0 Å². The van der Waals surface area contributed by atoms with Crippen LogP contribution in [0.25, 0.3) is 0 Å². The Hall–Kier alpha value is -3.16. The molecule has 0 fully saturated rings. The highest BCUT2D eigenvalue weighted by atomic mass is 19.4. The van der Waals surface area contributed by atoms with Crippen LogP contribution < -0.4 is 0 Å². The lowest BCUT2D eigenvalue weighted by molar-refractivity contribution is -0.151. The highest BCUT2D eigenvalue weighted by molar-refractivity contribution is 5.99. The molecule has 0 saturated carbocycles. The van der Waals surface area contributed by atoms with Crippen molar-refractivity contribution in [2.75, 3.05) is 7.05 Å². The van der Waals surface area contributed by atoms with Gasteiger partial charge in [0.1, 0.15) is 6.04 Å². The van der Waals surface area contributed by atoms with Crippen molar-refractivity contribution >= 4 is 17.7 Å². The number of benzene rings is 2. The number of carboxylic acids is 1. The molecule has 2 aromatic rings. The van der Waals surface area contributed by atoms with E-state index in [1.54, 1.807) is 30.3 Å². The van der Waals surface area contributed by atoms with E-state index in [-0.39, 0.29) is 30.7 Å². The summed E-state index contributed by atoms with van der Waals surface area (Å²) in [7, 11) is 1.39. The summed E-state index contributed by atoms with van der Waals surface area (Å²) in [5.74, 6) is -3.21. The molecule has 33 heavy (non-hydrogen) atoms. The first-order valence-electron chi connectivity index (χ1n) is 10.6. The number of hydrogen-bond acceptors (Lipinski definition) is 3. The topological polar surface area (TPSA) is 74.7 Å². The molecule has 0 heterocycles. The SMILES string of the molecule is CC(C)C[C@@H](C(=O)O)N(C)C(=O)C(CC(=O)c1cccc(C(F)(F)F)c1)Cc1ccccc1. The molecule has 0 radical (unpaired) electrons. The molecule has 1 N–H and O–H groups in total. The number of amides is 1. The van der Waals surface area contributed by atoms with Gasteiger partial charge >= 0.3 is 12.1 Å². The first-order chi connectivity index (χ1) is 15.4. The molecule has 0 aromatic heterocycles. The summed E-state index contributed by atoms with van der Waals surface area (Å²) in [5, 5.41) is 9.61. The van der Waals surface area contributed by atoms with Gasteiger partial charge in [-0.25, -0.2) is 4.79 Å². The van der Waals surface area contributed by atoms with Crippen LogP contribution in [0.3, 0.4) is 0 Å². The molecule has 0 bridgehead atoms. The van der Waals surface area contributed by atoms with Crippen molar-refractivity contribution in [1.82, 2.24) is 4.90 Å². The Balaban J connectivity index is 2.33. The monoisotopic (exact) mass is 463 g/mol. The van der Waals surface area contributed by atoms with Gasteiger partial charge < -0.3 is 10.0 Å². The first kappa shape index (κ1) is 26.1. The molecule has 0 saturated heterocycles. The van der Waals surface area contributed by atoms with E-state index in [1.165, 1.54) is 13.1 Å². The van der Waals surface area contributed by atoms with Crippen molar-refractivity contribution in [2.45, 2.75) is 45.3 Å². The Morgan fingerprint density at radius 2 is 1.64 bits per heavy atom. The Bertz CT molecular complexity index is 973. The third kappa shape index (κ3) is 7.44. The number of Topliss-reactive ketones (excluding diaryl/α,β-unsaturated/α-hetero) is 1. The average Bonchev–Trinajstić information content (AvgIpc) is 2.76. The predicted octanol–water partition coefficient (Wildman–Crippen LogP) is 5.09. The van der Waals surface area contributed by atoms with Crippen molar-refractivity contribution in [2.24, 2.45) is 11.8 Å². The van der Waals surface area contributed by atoms with Crippen molar-refractivity contribution in [1.29, 1.82) is 0 Å². The smallest absolute Gasteiger partial charge is 0.416 e. The third-order valence-corrected chi connectivity index (χ3v) is 5.41. The van der Waals surface area contributed by atoms with Gasteiger partial charge in [0.2, 0.25) is 5.91 Å². The van der Waals surface area contributed by atoms with Crippen LogP contribution in [0.1, 0.15) is 48.2 Å². The molecule has 0 aliphatic heterocycles. The summed E-state index contributed by atoms with van der Waals surface area (Å²) in [5.41, 5.74) is -0.327. The van der Waals surface area contributed by atoms with E-state index in [2.05, 4.69) is 0 Å². The number of carbonyl (C=O) groups excluding carboxylic acids is 2. The standard InChI is InChI=1S/C25H28F3NO4/c1-16(2)12-21(24(32)33)29(3)23(31)19(13-17-8-5-4-6-9-17)15-22(30)18-10-7-11-20(14-18)25(26,27)28/h4-11,14,16,19,21H,12-13,15H2,1-3H3,(H,32,33)/t19?,21-/m0/s1. The lowest BCUT2D eigenvalue weighted by atomic mass is 9.89. The van der Waals surface area contributed by atoms with Crippen LogP contribution in [0.15, 0.2) is 54.6 Å². The molecule has 1 amide bonds. The van der Waals surface area contributed by atoms with E-state index in [0.717, 1.165) is 28.7 Å². The average molecular weight is 463 g/mol. The van der Waals surface area contributed by atoms with Crippen LogP contribution in [0.4, 0.5) is 13.2 Å². The van der Waals surface area contributed by atoms with E-state index < -0.39 is 41.4 Å². The fourth-order valence-electron chi connectivity index (χ4n) is 3.67. The van der Waals surface area contributed by atoms with Gasteiger partial charge in [-0.15, -0.1) is 0 Å². The fraction of sp³-hybridized carbons (Fsp3) is 0.400. The molecule has 2 atom stereocenters. The van der Waals surface area contributed by atoms with Crippen LogP contribution in [-0.4, -0.2) is 40.8 Å². The third-order valence-electron chi connectivity index (χ3n) is 5.41. The minimum absolute atomic E-state index is 0.0145. The van der Waals surface area contributed by atoms with E-state index in [4.69, 9.17) is 0 Å². The van der Waals surface area contributed by atoms with Crippen LogP contribution in [0.2, 0.25) is 0 Å². The normalized spacial score (nSPS) is 13.4. The van der Waals surface area contributed by atoms with Crippen molar-refractivity contribution in [3.63, 3.8) is 0 Å². The van der Waals surface area contributed by atoms with Crippen LogP contribution >= 0.6 is 0 Å². The maximum Gasteiger partial charge on any atom is 0.416 e. The largest absolute Gasteiger partial charge is 0.480 e. The minimum atomic E-state index is -4.60. The van der Waals surface area contributed by atoms with Gasteiger partial charge in [-0.3, -0.25) is 9.59 Å². The van der Waals surface area contributed by atoms with Crippen molar-refractivity contribution in [3.05, 3.63) is 71.3 Å². The van der Waals surface area contributed by atoms with Gasteiger partial charge in [0, 0.05) is 24.9 Å². The number of carboxylic acid groups (broad SMARTS) is 1. The van der Waals surface area contributed by atoms with E-state index in [1.807, 2.05) is 13.8 Å². The van der Waals surface area contributed by atoms with Gasteiger partial charge in [0.15, 0.2) is 5.78 Å². The molecular formula is C25H28F3NO4. The number of likely N-dealkylation sites (N-methyl/N-ethyl adjacent to an activating group) is 1. The Morgan fingerprint density at radius 3 is 2.18 bits per heavy atom. The van der Waals surface area contributed by atoms with Gasteiger partial charge in [-0.2, -0.15) is 13.2 Å². The fourth-order valence-corrected chi connectivity index (χ4v) is 3.67. The number of halogens is 3. The molecule has 8 heteroatoms. The van der Waals surface area contributed by atoms with Gasteiger partial charge in [0.05, 0.1) is 5.56 Å². The second kappa shape index (κ2) is 11.1. The zero-order valence-electron chi connectivity index (χ0n) is 18.8. The summed E-state index contributed by atoms with van der Waals surface area (Å²) in [6.07, 6.45) is -4.55. The lowest BCUT2D eigenvalue weighted by Crippen LogP contribution is -2.46. The molecule has 5 nitrogen and oxygen atoms in total. The Morgan fingerprint density at radius 1 is 1.00 bits per heavy atom. The molecule has 0 aliphatic rings. The molecule has 2 rings (SSSR count). The van der Waals surface area contributed by atoms with Crippen LogP contribution in [0.5, 0.6) is 0 Å². The summed E-state index contributed by atoms with van der Waals surface area (Å²) < 4.78 is 39.2. The van der Waals surface area contributed by atoms with Crippen LogP contribution in [0, 0.1) is 11.8 Å². The maximum atomic E-state index is 13.3. The number of alkyl halides is 3. The quantitative estimate of drug-likeness (QED) is 0.498. The van der Waals surface area contributed by atoms with Gasteiger partial charge in [0.25, 0.3) is 0 Å². The number of hydrogen-bond donors (Lipinski definition) is 1. The lowest BCUT2D eigenvalue weighted by Gasteiger charge is -2.30. The van der Waals surface area contributed by atoms with Gasteiger partial charge in [-0.1, -0.05) is 56.3 Å². The number of aliphatic carboxylic acids is 1. The maximum absolute atomic E-state index is 13.3. The van der Waals surface area contributed by atoms with Crippen molar-refractivity contribution in [3.8, 4) is 0 Å². The highest BCUT2D eigenvalue weighted by Gasteiger charge is 2.34. The second-order valence-electron chi connectivity index (χ2n) is 8.53. The summed E-state index contributed by atoms with van der Waals surface area (Å²) in [6, 6.07) is 11.9. The van der Waals surface area contributed by atoms with E-state index in [9.17, 15) is 32.7 Å². The van der Waals surface area contributed by atoms with Crippen LogP contribution in [-0.2, 0) is 22.2 Å². The minimum Gasteiger partial charge on any atom is -0.480 e. The predicted molar refractivity (Wildman–Crippen MR) is 118 cm³/mol. The zero-order chi connectivity index (χ0) is 24.8. The molecule has 178 valence electrons. The molecule has 1 unspecified atom stereocenters. The first-order valence-corrected chi connectivity index (χ1v) is 10.6. The molecular weight excluding hydrogens is 435 g/mol. The molecule has 0 spiro atoms. The summed E-state index contributed by atoms with van der Waals surface area (Å²) in [4.78, 5) is 39.1. The van der Waals surface area contributed by atoms with E-state index >= 15 is 0 Å². The number of rotatable bonds is 10. The second-order valence-corrected chi connectivity index (χ2v) is 8.53. The van der Waals surface area contributed by atoms with Gasteiger partial charge in [-0.05, 0) is 36.5 Å². The molecule has 2 aromatic carbocycles. The van der Waals surface area contributed by atoms with Crippen molar-refractivity contribution < 1.29 is 32.7 Å². The summed E-state index contributed by atoms with van der Waals surface area (Å²) in [6.45, 7) is 3.68. The molecule has 0 aliphatic carbocycles.